The smallest absolute Gasteiger partial charge is 0.277 e. The molecule has 2 amide bonds. The van der Waals surface area contributed by atoms with E-state index in [9.17, 15) is 9.59 Å². The first kappa shape index (κ1) is 20.6. The normalized spacial score (nSPS) is 18.0. The first-order valence-corrected chi connectivity index (χ1v) is 10.0. The van der Waals surface area contributed by atoms with Crippen molar-refractivity contribution >= 4 is 17.4 Å². The predicted molar refractivity (Wildman–Crippen MR) is 108 cm³/mol. The van der Waals surface area contributed by atoms with Crippen LogP contribution in [0.5, 0.6) is 0 Å². The van der Waals surface area contributed by atoms with Crippen LogP contribution in [0.4, 0.5) is 0 Å². The summed E-state index contributed by atoms with van der Waals surface area (Å²) in [6, 6.07) is 5.95. The van der Waals surface area contributed by atoms with Crippen molar-refractivity contribution in [3.05, 3.63) is 40.6 Å². The molecule has 0 bridgehead atoms. The van der Waals surface area contributed by atoms with E-state index in [0.29, 0.717) is 57.1 Å². The molecule has 28 heavy (non-hydrogen) atoms. The fourth-order valence-electron chi connectivity index (χ4n) is 3.55. The Hall–Kier alpha value is -2.18. The molecule has 0 radical (unpaired) electrons. The van der Waals surface area contributed by atoms with Crippen LogP contribution in [-0.4, -0.2) is 67.2 Å². The lowest BCUT2D eigenvalue weighted by Crippen LogP contribution is -2.40. The number of carbonyl (C=O) groups is 2. The summed E-state index contributed by atoms with van der Waals surface area (Å²) in [6.45, 7) is 11.3. The van der Waals surface area contributed by atoms with Crippen LogP contribution < -0.4 is 0 Å². The highest BCUT2D eigenvalue weighted by molar-refractivity contribution is 6.35. The molecule has 6 heteroatoms. The minimum atomic E-state index is -0.209. The van der Waals surface area contributed by atoms with Crippen molar-refractivity contribution in [3.8, 4) is 0 Å². The molecule has 6 nitrogen and oxygen atoms in total. The third-order valence-electron chi connectivity index (χ3n) is 5.24. The van der Waals surface area contributed by atoms with Gasteiger partial charge >= 0.3 is 0 Å². The zero-order valence-electron chi connectivity index (χ0n) is 17.3. The molecule has 1 saturated heterocycles. The number of imide groups is 1. The van der Waals surface area contributed by atoms with Gasteiger partial charge in [-0.15, -0.1) is 0 Å². The van der Waals surface area contributed by atoms with Gasteiger partial charge in [0, 0.05) is 26.2 Å². The summed E-state index contributed by atoms with van der Waals surface area (Å²) >= 11 is 0. The monoisotopic (exact) mass is 386 g/mol. The summed E-state index contributed by atoms with van der Waals surface area (Å²) < 4.78 is 11.0. The van der Waals surface area contributed by atoms with Crippen molar-refractivity contribution in [2.75, 3.05) is 39.5 Å². The number of carbonyl (C=O) groups excluding carboxylic acids is 2. The Morgan fingerprint density at radius 3 is 2.43 bits per heavy atom. The topological polar surface area (TPSA) is 59.1 Å². The van der Waals surface area contributed by atoms with E-state index in [1.54, 1.807) is 0 Å². The van der Waals surface area contributed by atoms with E-state index >= 15 is 0 Å². The molecule has 3 rings (SSSR count). The summed E-state index contributed by atoms with van der Waals surface area (Å²) in [5.41, 5.74) is 4.11. The van der Waals surface area contributed by atoms with Crippen LogP contribution in [0.1, 0.15) is 37.0 Å². The SMILES string of the molecule is Cc1ccc(C2=C(N3CCOCC3)C(=O)N(CCCOC(C)C)C2=O)cc1C. The fourth-order valence-corrected chi connectivity index (χ4v) is 3.55. The van der Waals surface area contributed by atoms with Gasteiger partial charge in [0.05, 0.1) is 24.9 Å². The van der Waals surface area contributed by atoms with Gasteiger partial charge in [-0.1, -0.05) is 18.2 Å². The van der Waals surface area contributed by atoms with Gasteiger partial charge in [0.15, 0.2) is 0 Å². The molecule has 0 atom stereocenters. The molecule has 1 fully saturated rings. The fraction of sp³-hybridized carbons (Fsp3) is 0.545. The van der Waals surface area contributed by atoms with E-state index in [2.05, 4.69) is 0 Å². The van der Waals surface area contributed by atoms with E-state index < -0.39 is 0 Å². The quantitative estimate of drug-likeness (QED) is 0.532. The average molecular weight is 386 g/mol. The molecule has 0 spiro atoms. The molecular formula is C22H30N2O4. The number of ether oxygens (including phenoxy) is 2. The van der Waals surface area contributed by atoms with Gasteiger partial charge in [-0.2, -0.15) is 0 Å². The third kappa shape index (κ3) is 4.28. The largest absolute Gasteiger partial charge is 0.379 e. The number of aryl methyl sites for hydroxylation is 2. The van der Waals surface area contributed by atoms with Crippen LogP contribution >= 0.6 is 0 Å². The number of rotatable bonds is 7. The molecule has 0 saturated carbocycles. The molecule has 2 heterocycles. The lowest BCUT2D eigenvalue weighted by molar-refractivity contribution is -0.138. The Morgan fingerprint density at radius 1 is 1.07 bits per heavy atom. The molecule has 0 aromatic heterocycles. The summed E-state index contributed by atoms with van der Waals surface area (Å²) in [7, 11) is 0. The molecular weight excluding hydrogens is 356 g/mol. The highest BCUT2D eigenvalue weighted by Crippen LogP contribution is 2.33. The Kier molecular flexibility index (Phi) is 6.52. The van der Waals surface area contributed by atoms with Crippen LogP contribution in [0.3, 0.4) is 0 Å². The number of morpholine rings is 1. The number of benzene rings is 1. The van der Waals surface area contributed by atoms with E-state index in [-0.39, 0.29) is 17.9 Å². The van der Waals surface area contributed by atoms with Crippen molar-refractivity contribution < 1.29 is 19.1 Å². The highest BCUT2D eigenvalue weighted by atomic mass is 16.5. The first-order chi connectivity index (χ1) is 13.4. The maximum absolute atomic E-state index is 13.2. The van der Waals surface area contributed by atoms with Crippen LogP contribution in [0.25, 0.3) is 5.57 Å². The van der Waals surface area contributed by atoms with Gasteiger partial charge in [0.25, 0.3) is 11.8 Å². The number of amides is 2. The van der Waals surface area contributed by atoms with Crippen LogP contribution in [0.15, 0.2) is 23.9 Å². The van der Waals surface area contributed by atoms with E-state index in [0.717, 1.165) is 16.7 Å². The van der Waals surface area contributed by atoms with E-state index in [1.165, 1.54) is 4.90 Å². The molecule has 0 N–H and O–H groups in total. The molecule has 2 aliphatic heterocycles. The van der Waals surface area contributed by atoms with E-state index in [4.69, 9.17) is 9.47 Å². The minimum absolute atomic E-state index is 0.137. The van der Waals surface area contributed by atoms with Gasteiger partial charge in [0.2, 0.25) is 0 Å². The third-order valence-corrected chi connectivity index (χ3v) is 5.24. The summed E-state index contributed by atoms with van der Waals surface area (Å²) in [4.78, 5) is 29.8. The van der Waals surface area contributed by atoms with Crippen LogP contribution in [0, 0.1) is 13.8 Å². The maximum atomic E-state index is 13.2. The standard InChI is InChI=1S/C22H30N2O4/c1-15(2)28-11-5-8-24-21(25)19(18-7-6-16(3)17(4)14-18)20(22(24)26)23-9-12-27-13-10-23/h6-7,14-15H,5,8-13H2,1-4H3. The Morgan fingerprint density at radius 2 is 1.79 bits per heavy atom. The lowest BCUT2D eigenvalue weighted by atomic mass is 9.99. The second-order valence-electron chi connectivity index (χ2n) is 7.66. The van der Waals surface area contributed by atoms with Crippen LogP contribution in [-0.2, 0) is 19.1 Å². The van der Waals surface area contributed by atoms with Gasteiger partial charge in [0.1, 0.15) is 5.70 Å². The van der Waals surface area contributed by atoms with Gasteiger partial charge < -0.3 is 14.4 Å². The maximum Gasteiger partial charge on any atom is 0.277 e. The van der Waals surface area contributed by atoms with Crippen molar-refractivity contribution in [1.82, 2.24) is 9.80 Å². The Labute approximate surface area is 167 Å². The Balaban J connectivity index is 1.90. The molecule has 0 aliphatic carbocycles. The number of hydrogen-bond acceptors (Lipinski definition) is 5. The molecule has 0 unspecified atom stereocenters. The Bertz CT molecular complexity index is 779. The summed E-state index contributed by atoms with van der Waals surface area (Å²) in [5.74, 6) is -0.413. The highest BCUT2D eigenvalue weighted by Gasteiger charge is 2.41. The molecule has 1 aromatic carbocycles. The predicted octanol–water partition coefficient (Wildman–Crippen LogP) is 2.53. The average Bonchev–Trinajstić information content (AvgIpc) is 2.92. The molecule has 152 valence electrons. The number of hydrogen-bond donors (Lipinski definition) is 0. The van der Waals surface area contributed by atoms with Crippen molar-refractivity contribution in [3.63, 3.8) is 0 Å². The second kappa shape index (κ2) is 8.88. The van der Waals surface area contributed by atoms with Gasteiger partial charge in [-0.05, 0) is 50.8 Å². The van der Waals surface area contributed by atoms with Gasteiger partial charge in [-0.3, -0.25) is 14.5 Å². The summed E-state index contributed by atoms with van der Waals surface area (Å²) in [5, 5.41) is 0. The van der Waals surface area contributed by atoms with Gasteiger partial charge in [-0.25, -0.2) is 0 Å². The summed E-state index contributed by atoms with van der Waals surface area (Å²) in [6.07, 6.45) is 0.768. The first-order valence-electron chi connectivity index (χ1n) is 10.0. The van der Waals surface area contributed by atoms with Crippen molar-refractivity contribution in [1.29, 1.82) is 0 Å². The number of nitrogens with zero attached hydrogens (tertiary/aromatic N) is 2. The second-order valence-corrected chi connectivity index (χ2v) is 7.66. The van der Waals surface area contributed by atoms with Crippen LogP contribution in [0.2, 0.25) is 0 Å². The zero-order chi connectivity index (χ0) is 20.3. The molecule has 1 aromatic rings. The minimum Gasteiger partial charge on any atom is -0.379 e. The van der Waals surface area contributed by atoms with Crippen molar-refractivity contribution in [2.45, 2.75) is 40.2 Å². The van der Waals surface area contributed by atoms with E-state index in [1.807, 2.05) is 50.8 Å². The van der Waals surface area contributed by atoms with Crippen molar-refractivity contribution in [2.24, 2.45) is 0 Å². The molecule has 2 aliphatic rings. The zero-order valence-corrected chi connectivity index (χ0v) is 17.3. The lowest BCUT2D eigenvalue weighted by Gasteiger charge is -2.29.